The van der Waals surface area contributed by atoms with Crippen LogP contribution in [0.3, 0.4) is 0 Å². The topological polar surface area (TPSA) is 65.5 Å². The van der Waals surface area contributed by atoms with Crippen LogP contribution in [0.5, 0.6) is 0 Å². The Morgan fingerprint density at radius 2 is 1.90 bits per heavy atom. The average Bonchev–Trinajstić information content (AvgIpc) is 3.22. The van der Waals surface area contributed by atoms with Crippen LogP contribution in [0.25, 0.3) is 11.1 Å². The van der Waals surface area contributed by atoms with Gasteiger partial charge in [0.1, 0.15) is 5.82 Å². The number of rotatable bonds is 6. The summed E-state index contributed by atoms with van der Waals surface area (Å²) in [6.45, 7) is 1.91. The molecule has 0 saturated carbocycles. The van der Waals surface area contributed by atoms with Crippen molar-refractivity contribution >= 4 is 11.8 Å². The highest BCUT2D eigenvalue weighted by molar-refractivity contribution is 5.95. The molecule has 3 aromatic rings. The summed E-state index contributed by atoms with van der Waals surface area (Å²) in [5.74, 6) is -0.00307. The van der Waals surface area contributed by atoms with Crippen LogP contribution in [0.1, 0.15) is 40.5 Å². The number of carbonyl (C=O) groups is 1. The van der Waals surface area contributed by atoms with E-state index in [-0.39, 0.29) is 0 Å². The molecule has 1 atom stereocenters. The number of aromatic carboxylic acids is 1. The van der Waals surface area contributed by atoms with Gasteiger partial charge in [-0.15, -0.1) is 0 Å². The highest BCUT2D eigenvalue weighted by atomic mass is 16.4. The molecule has 2 aromatic carbocycles. The number of hydrogen-bond acceptors (Lipinski definition) is 4. The molecule has 2 N–H and O–H groups in total. The number of likely N-dealkylation sites (tertiary alicyclic amines) is 1. The van der Waals surface area contributed by atoms with Gasteiger partial charge in [-0.25, -0.2) is 9.78 Å². The molecular weight excluding hydrogens is 362 g/mol. The van der Waals surface area contributed by atoms with Crippen LogP contribution in [-0.4, -0.2) is 34.6 Å². The van der Waals surface area contributed by atoms with Crippen LogP contribution < -0.4 is 5.32 Å². The molecule has 5 nitrogen and oxygen atoms in total. The second-order valence-electron chi connectivity index (χ2n) is 7.37. The lowest BCUT2D eigenvalue weighted by molar-refractivity contribution is 0.0697. The number of hydrogen-bond donors (Lipinski definition) is 2. The lowest BCUT2D eigenvalue weighted by atomic mass is 9.98. The van der Waals surface area contributed by atoms with Gasteiger partial charge in [-0.05, 0) is 54.3 Å². The van der Waals surface area contributed by atoms with Crippen molar-refractivity contribution in [2.24, 2.45) is 0 Å². The van der Waals surface area contributed by atoms with Crippen molar-refractivity contribution < 1.29 is 9.90 Å². The molecule has 0 bridgehead atoms. The Hall–Kier alpha value is -3.18. The fraction of sp³-hybridized carbons (Fsp3) is 0.250. The molecule has 0 radical (unpaired) electrons. The smallest absolute Gasteiger partial charge is 0.336 e. The fourth-order valence-corrected chi connectivity index (χ4v) is 4.07. The molecule has 1 saturated heterocycles. The van der Waals surface area contributed by atoms with E-state index in [9.17, 15) is 9.90 Å². The molecule has 0 unspecified atom stereocenters. The summed E-state index contributed by atoms with van der Waals surface area (Å²) in [7, 11) is 1.89. The summed E-state index contributed by atoms with van der Waals surface area (Å²) in [6.07, 6.45) is 2.28. The molecule has 0 spiro atoms. The normalized spacial score (nSPS) is 16.7. The zero-order valence-corrected chi connectivity index (χ0v) is 16.5. The number of carboxylic acid groups (broad SMARTS) is 1. The second-order valence-corrected chi connectivity index (χ2v) is 7.37. The number of nitrogens with one attached hydrogen (secondary N) is 1. The molecule has 29 heavy (non-hydrogen) atoms. The Kier molecular flexibility index (Phi) is 5.58. The van der Waals surface area contributed by atoms with Crippen LogP contribution in [-0.2, 0) is 6.54 Å². The van der Waals surface area contributed by atoms with Crippen molar-refractivity contribution in [1.82, 2.24) is 9.88 Å². The minimum absolute atomic E-state index is 0.329. The first kappa shape index (κ1) is 19.2. The molecule has 1 aliphatic heterocycles. The van der Waals surface area contributed by atoms with E-state index in [1.54, 1.807) is 12.1 Å². The van der Waals surface area contributed by atoms with Gasteiger partial charge in [-0.3, -0.25) is 4.90 Å². The van der Waals surface area contributed by atoms with Crippen LogP contribution in [0.4, 0.5) is 5.82 Å². The number of pyridine rings is 1. The van der Waals surface area contributed by atoms with Crippen molar-refractivity contribution in [2.45, 2.75) is 25.4 Å². The number of benzene rings is 2. The molecular formula is C24H25N3O2. The number of carboxylic acids is 1. The molecule has 5 heteroatoms. The second kappa shape index (κ2) is 8.45. The predicted molar refractivity (Wildman–Crippen MR) is 115 cm³/mol. The minimum atomic E-state index is -0.902. The Morgan fingerprint density at radius 1 is 1.10 bits per heavy atom. The monoisotopic (exact) mass is 387 g/mol. The molecule has 0 amide bonds. The van der Waals surface area contributed by atoms with Gasteiger partial charge in [-0.1, -0.05) is 48.5 Å². The van der Waals surface area contributed by atoms with Crippen LogP contribution in [0.15, 0.2) is 66.7 Å². The third kappa shape index (κ3) is 4.15. The maximum atomic E-state index is 11.5. The van der Waals surface area contributed by atoms with Gasteiger partial charge in [0, 0.05) is 13.6 Å². The van der Waals surface area contributed by atoms with E-state index in [1.165, 1.54) is 12.0 Å². The Morgan fingerprint density at radius 3 is 2.66 bits per heavy atom. The third-order valence-corrected chi connectivity index (χ3v) is 5.54. The summed E-state index contributed by atoms with van der Waals surface area (Å²) in [4.78, 5) is 18.7. The molecule has 0 aliphatic carbocycles. The van der Waals surface area contributed by atoms with E-state index in [0.29, 0.717) is 11.6 Å². The summed E-state index contributed by atoms with van der Waals surface area (Å²) in [6, 6.07) is 21.8. The first-order valence-corrected chi connectivity index (χ1v) is 9.96. The molecule has 1 fully saturated rings. The van der Waals surface area contributed by atoms with Gasteiger partial charge < -0.3 is 10.4 Å². The Labute approximate surface area is 171 Å². The highest BCUT2D eigenvalue weighted by Gasteiger charge is 2.27. The largest absolute Gasteiger partial charge is 0.478 e. The molecule has 1 aliphatic rings. The third-order valence-electron chi connectivity index (χ3n) is 5.54. The zero-order valence-electron chi connectivity index (χ0n) is 16.5. The van der Waals surface area contributed by atoms with Gasteiger partial charge in [0.2, 0.25) is 0 Å². The van der Waals surface area contributed by atoms with E-state index in [2.05, 4.69) is 34.5 Å². The van der Waals surface area contributed by atoms with Crippen LogP contribution in [0, 0.1) is 0 Å². The zero-order chi connectivity index (χ0) is 20.2. The summed E-state index contributed by atoms with van der Waals surface area (Å²) in [5.41, 5.74) is 4.33. The van der Waals surface area contributed by atoms with Gasteiger partial charge in [0.15, 0.2) is 0 Å². The van der Waals surface area contributed by atoms with Crippen molar-refractivity contribution in [3.05, 3.63) is 83.6 Å². The maximum Gasteiger partial charge on any atom is 0.336 e. The van der Waals surface area contributed by atoms with Gasteiger partial charge in [-0.2, -0.15) is 0 Å². The Balaban J connectivity index is 1.52. The van der Waals surface area contributed by atoms with Crippen molar-refractivity contribution in [3.8, 4) is 11.1 Å². The van der Waals surface area contributed by atoms with Gasteiger partial charge in [0.05, 0.1) is 17.3 Å². The van der Waals surface area contributed by atoms with E-state index >= 15 is 0 Å². The highest BCUT2D eigenvalue weighted by Crippen LogP contribution is 2.33. The summed E-state index contributed by atoms with van der Waals surface area (Å²) < 4.78 is 0. The SMILES string of the molecule is CNc1cccc([C@H]2CCCN2Cc2ccc(-c3ccccc3C(=O)O)cc2)n1. The minimum Gasteiger partial charge on any atom is -0.478 e. The van der Waals surface area contributed by atoms with Crippen LogP contribution >= 0.6 is 0 Å². The van der Waals surface area contributed by atoms with Crippen molar-refractivity contribution in [2.75, 3.05) is 18.9 Å². The number of anilines is 1. The average molecular weight is 387 g/mol. The first-order valence-electron chi connectivity index (χ1n) is 9.96. The standard InChI is InChI=1S/C24H25N3O2/c1-25-23-10-4-8-21(26-23)22-9-5-15-27(22)16-17-11-13-18(14-12-17)19-6-2-3-7-20(19)24(28)29/h2-4,6-8,10-14,22H,5,9,15-16H2,1H3,(H,25,26)(H,28,29)/t22-/m1/s1. The first-order chi connectivity index (χ1) is 14.2. The quantitative estimate of drug-likeness (QED) is 0.634. The predicted octanol–water partition coefficient (Wildman–Crippen LogP) is 4.83. The fourth-order valence-electron chi connectivity index (χ4n) is 4.07. The van der Waals surface area contributed by atoms with E-state index in [1.807, 2.05) is 37.4 Å². The number of aromatic nitrogens is 1. The molecule has 2 heterocycles. The van der Waals surface area contributed by atoms with E-state index in [0.717, 1.165) is 42.1 Å². The lowest BCUT2D eigenvalue weighted by Gasteiger charge is -2.24. The molecule has 4 rings (SSSR count). The van der Waals surface area contributed by atoms with Crippen molar-refractivity contribution in [1.29, 1.82) is 0 Å². The summed E-state index contributed by atoms with van der Waals surface area (Å²) in [5, 5.41) is 12.5. The van der Waals surface area contributed by atoms with Gasteiger partial charge >= 0.3 is 5.97 Å². The summed E-state index contributed by atoms with van der Waals surface area (Å²) >= 11 is 0. The van der Waals surface area contributed by atoms with Crippen LogP contribution in [0.2, 0.25) is 0 Å². The van der Waals surface area contributed by atoms with Crippen molar-refractivity contribution in [3.63, 3.8) is 0 Å². The molecule has 148 valence electrons. The van der Waals surface area contributed by atoms with Gasteiger partial charge in [0.25, 0.3) is 0 Å². The van der Waals surface area contributed by atoms with E-state index in [4.69, 9.17) is 4.98 Å². The molecule has 1 aromatic heterocycles. The Bertz CT molecular complexity index is 1000. The maximum absolute atomic E-state index is 11.5. The number of nitrogens with zero attached hydrogens (tertiary/aromatic N) is 2. The van der Waals surface area contributed by atoms with E-state index < -0.39 is 5.97 Å². The lowest BCUT2D eigenvalue weighted by Crippen LogP contribution is -2.23.